The highest BCUT2D eigenvalue weighted by Gasteiger charge is 2.41. The molecule has 182 valence electrons. The van der Waals surface area contributed by atoms with Crippen molar-refractivity contribution < 1.29 is 14.3 Å². The van der Waals surface area contributed by atoms with Crippen LogP contribution in [0.2, 0.25) is 0 Å². The Kier molecular flexibility index (Phi) is 18.1. The van der Waals surface area contributed by atoms with E-state index in [-0.39, 0.29) is 24.8 Å². The first kappa shape index (κ1) is 29.4. The highest BCUT2D eigenvalue weighted by Crippen LogP contribution is 2.19. The van der Waals surface area contributed by atoms with Crippen molar-refractivity contribution in [3.63, 3.8) is 0 Å². The number of hydrogen-bond acceptors (Lipinski definition) is 5. The van der Waals surface area contributed by atoms with Gasteiger partial charge in [0.1, 0.15) is 0 Å². The van der Waals surface area contributed by atoms with Crippen molar-refractivity contribution in [1.29, 1.82) is 0 Å². The van der Waals surface area contributed by atoms with Gasteiger partial charge in [-0.15, -0.1) is 0 Å². The van der Waals surface area contributed by atoms with E-state index in [0.717, 1.165) is 19.3 Å². The average molecular weight is 441 g/mol. The highest BCUT2D eigenvalue weighted by atomic mass is 16.5. The largest absolute Gasteiger partial charge is 0.464 e. The Morgan fingerprint density at radius 3 is 1.71 bits per heavy atom. The van der Waals surface area contributed by atoms with Crippen molar-refractivity contribution >= 4 is 17.7 Å². The number of hydrogen-bond donors (Lipinski definition) is 3. The molecule has 7 nitrogen and oxygen atoms in total. The maximum Gasteiger partial charge on any atom is 0.333 e. The van der Waals surface area contributed by atoms with E-state index in [4.69, 9.17) is 21.9 Å². The maximum atomic E-state index is 12.7. The van der Waals surface area contributed by atoms with Gasteiger partial charge in [-0.05, 0) is 26.2 Å². The minimum absolute atomic E-state index is 0.0166. The normalized spacial score (nSPS) is 12.9. The molecule has 0 aromatic carbocycles. The van der Waals surface area contributed by atoms with E-state index in [0.29, 0.717) is 19.4 Å². The van der Waals surface area contributed by atoms with Crippen molar-refractivity contribution in [2.45, 2.75) is 122 Å². The third-order valence-corrected chi connectivity index (χ3v) is 5.67. The van der Waals surface area contributed by atoms with Gasteiger partial charge in [-0.3, -0.25) is 9.79 Å². The van der Waals surface area contributed by atoms with Crippen LogP contribution in [0.5, 0.6) is 0 Å². The zero-order valence-electron chi connectivity index (χ0n) is 20.1. The number of rotatable bonds is 21. The first-order valence-corrected chi connectivity index (χ1v) is 12.4. The van der Waals surface area contributed by atoms with Crippen LogP contribution in [0.3, 0.4) is 0 Å². The number of aliphatic imine (C=N–C) groups is 1. The molecule has 0 unspecified atom stereocenters. The number of esters is 1. The lowest BCUT2D eigenvalue weighted by Gasteiger charge is -2.25. The molecule has 0 rings (SSSR count). The number of unbranched alkanes of at least 4 members (excludes halogenated alkanes) is 12. The molecule has 31 heavy (non-hydrogen) atoms. The highest BCUT2D eigenvalue weighted by molar-refractivity contribution is 6.08. The summed E-state index contributed by atoms with van der Waals surface area (Å²) in [4.78, 5) is 28.9. The number of carbonyl (C=O) groups is 2. The van der Waals surface area contributed by atoms with E-state index in [9.17, 15) is 9.59 Å². The van der Waals surface area contributed by atoms with Crippen molar-refractivity contribution in [3.05, 3.63) is 0 Å². The molecule has 0 aliphatic rings. The Morgan fingerprint density at radius 2 is 1.26 bits per heavy atom. The quantitative estimate of drug-likeness (QED) is 0.0798. The van der Waals surface area contributed by atoms with Gasteiger partial charge in [0.05, 0.1) is 6.61 Å². The molecular formula is C24H48N4O3. The van der Waals surface area contributed by atoms with Gasteiger partial charge in [0.2, 0.25) is 0 Å². The molecule has 6 N–H and O–H groups in total. The van der Waals surface area contributed by atoms with Gasteiger partial charge in [-0.2, -0.15) is 0 Å². The van der Waals surface area contributed by atoms with Gasteiger partial charge >= 0.3 is 5.97 Å². The van der Waals surface area contributed by atoms with Gasteiger partial charge in [0.25, 0.3) is 0 Å². The number of ketones is 1. The lowest BCUT2D eigenvalue weighted by atomic mass is 9.86. The van der Waals surface area contributed by atoms with Gasteiger partial charge in [-0.25, -0.2) is 4.79 Å². The lowest BCUT2D eigenvalue weighted by Crippen LogP contribution is -2.55. The Balaban J connectivity index is 4.03. The smallest absolute Gasteiger partial charge is 0.333 e. The fraction of sp³-hybridized carbons (Fsp3) is 0.875. The van der Waals surface area contributed by atoms with E-state index in [1.165, 1.54) is 64.2 Å². The van der Waals surface area contributed by atoms with Crippen molar-refractivity contribution in [1.82, 2.24) is 0 Å². The first-order chi connectivity index (χ1) is 14.9. The first-order valence-electron chi connectivity index (χ1n) is 12.4. The summed E-state index contributed by atoms with van der Waals surface area (Å²) in [5, 5.41) is 0. The van der Waals surface area contributed by atoms with E-state index in [2.05, 4.69) is 11.9 Å². The van der Waals surface area contributed by atoms with Gasteiger partial charge in [0, 0.05) is 13.0 Å². The molecule has 0 aromatic rings. The Bertz CT molecular complexity index is 507. The Morgan fingerprint density at radius 1 is 0.774 bits per heavy atom. The van der Waals surface area contributed by atoms with E-state index < -0.39 is 11.5 Å². The molecule has 0 bridgehead atoms. The number of guanidine groups is 1. The SMILES string of the molecule is CCCCCCCCCCCCCCCC(=O)[C@](N)(CCCN=C(N)N)C(=O)OCC. The van der Waals surface area contributed by atoms with Gasteiger partial charge in [0.15, 0.2) is 17.3 Å². The van der Waals surface area contributed by atoms with Crippen LogP contribution in [0.25, 0.3) is 0 Å². The summed E-state index contributed by atoms with van der Waals surface area (Å²) in [5.41, 5.74) is 15.2. The summed E-state index contributed by atoms with van der Waals surface area (Å²) in [6, 6.07) is 0. The minimum Gasteiger partial charge on any atom is -0.464 e. The van der Waals surface area contributed by atoms with E-state index >= 15 is 0 Å². The second-order valence-electron chi connectivity index (χ2n) is 8.52. The van der Waals surface area contributed by atoms with Crippen LogP contribution in [-0.4, -0.2) is 36.4 Å². The Labute approximate surface area is 189 Å². The topological polar surface area (TPSA) is 134 Å². The third-order valence-electron chi connectivity index (χ3n) is 5.67. The molecule has 1 atom stereocenters. The number of Topliss-reactive ketones (excluding diaryl/α,β-unsaturated/α-hetero) is 1. The summed E-state index contributed by atoms with van der Waals surface area (Å²) in [7, 11) is 0. The number of nitrogens with two attached hydrogens (primary N) is 3. The predicted octanol–water partition coefficient (Wildman–Crippen LogP) is 4.35. The zero-order valence-corrected chi connectivity index (χ0v) is 20.1. The van der Waals surface area contributed by atoms with Crippen LogP contribution in [0, 0.1) is 0 Å². The second-order valence-corrected chi connectivity index (χ2v) is 8.52. The molecule has 0 radical (unpaired) electrons. The fourth-order valence-corrected chi connectivity index (χ4v) is 3.71. The Hall–Kier alpha value is -1.63. The molecule has 0 saturated carbocycles. The van der Waals surface area contributed by atoms with Crippen molar-refractivity contribution in [2.75, 3.05) is 13.2 Å². The van der Waals surface area contributed by atoms with Crippen LogP contribution in [0.4, 0.5) is 0 Å². The van der Waals surface area contributed by atoms with Crippen molar-refractivity contribution in [2.24, 2.45) is 22.2 Å². The van der Waals surface area contributed by atoms with Crippen LogP contribution < -0.4 is 17.2 Å². The third kappa shape index (κ3) is 14.9. The van der Waals surface area contributed by atoms with Crippen LogP contribution >= 0.6 is 0 Å². The summed E-state index contributed by atoms with van der Waals surface area (Å²) in [5.74, 6) is -0.921. The van der Waals surface area contributed by atoms with Gasteiger partial charge in [-0.1, -0.05) is 84.0 Å². The van der Waals surface area contributed by atoms with Crippen LogP contribution in [0.1, 0.15) is 117 Å². The summed E-state index contributed by atoms with van der Waals surface area (Å²) < 4.78 is 5.06. The van der Waals surface area contributed by atoms with Crippen molar-refractivity contribution in [3.8, 4) is 0 Å². The van der Waals surface area contributed by atoms with Gasteiger partial charge < -0.3 is 21.9 Å². The van der Waals surface area contributed by atoms with E-state index in [1.54, 1.807) is 6.92 Å². The molecule has 0 heterocycles. The fourth-order valence-electron chi connectivity index (χ4n) is 3.71. The molecular weight excluding hydrogens is 392 g/mol. The minimum atomic E-state index is -1.61. The number of ether oxygens (including phenoxy) is 1. The zero-order chi connectivity index (χ0) is 23.4. The maximum absolute atomic E-state index is 12.7. The molecule has 0 aliphatic heterocycles. The molecule has 0 fully saturated rings. The predicted molar refractivity (Wildman–Crippen MR) is 129 cm³/mol. The molecule has 0 saturated heterocycles. The standard InChI is InChI=1S/C24H48N4O3/c1-3-5-6-7-8-9-10-11-12-13-14-15-16-18-21(29)24(27,22(30)31-4-2)19-17-20-28-23(25)26/h3-20,27H2,1-2H3,(H4,25,26,28)/t24-/m1/s1. The summed E-state index contributed by atoms with van der Waals surface area (Å²) in [6.45, 7) is 4.47. The molecule has 0 aliphatic carbocycles. The molecule has 0 spiro atoms. The number of carbonyl (C=O) groups excluding carboxylic acids is 2. The van der Waals surface area contributed by atoms with E-state index in [1.807, 2.05) is 0 Å². The van der Waals surface area contributed by atoms with Crippen LogP contribution in [0.15, 0.2) is 4.99 Å². The monoisotopic (exact) mass is 440 g/mol. The molecule has 0 amide bonds. The summed E-state index contributed by atoms with van der Waals surface area (Å²) in [6.07, 6.45) is 17.0. The lowest BCUT2D eigenvalue weighted by molar-refractivity contribution is -0.154. The molecule has 7 heteroatoms. The van der Waals surface area contributed by atoms with Crippen LogP contribution in [-0.2, 0) is 14.3 Å². The molecule has 0 aromatic heterocycles. The summed E-state index contributed by atoms with van der Waals surface area (Å²) >= 11 is 0. The number of nitrogens with zero attached hydrogens (tertiary/aromatic N) is 1. The average Bonchev–Trinajstić information content (AvgIpc) is 2.74. The second kappa shape index (κ2) is 19.1.